The fourth-order valence-corrected chi connectivity index (χ4v) is 2.22. The van der Waals surface area contributed by atoms with Gasteiger partial charge in [-0.05, 0) is 12.5 Å². The van der Waals surface area contributed by atoms with Crippen LogP contribution in [0.1, 0.15) is 13.3 Å². The maximum atomic E-state index is 11.6. The van der Waals surface area contributed by atoms with Gasteiger partial charge in [-0.3, -0.25) is 5.10 Å². The van der Waals surface area contributed by atoms with Gasteiger partial charge in [0.1, 0.15) is 0 Å². The molecule has 0 radical (unpaired) electrons. The van der Waals surface area contributed by atoms with Crippen molar-refractivity contribution in [2.24, 2.45) is 5.73 Å². The van der Waals surface area contributed by atoms with E-state index in [1.807, 2.05) is 6.92 Å². The normalized spacial score (nSPS) is 14.1. The van der Waals surface area contributed by atoms with E-state index < -0.39 is 10.0 Å². The van der Waals surface area contributed by atoms with Gasteiger partial charge in [0, 0.05) is 12.6 Å². The molecular formula is C7H14N4O2S. The maximum Gasteiger partial charge on any atom is 0.257 e. The van der Waals surface area contributed by atoms with Crippen LogP contribution in [0.25, 0.3) is 0 Å². The Balaban J connectivity index is 2.77. The summed E-state index contributed by atoms with van der Waals surface area (Å²) in [5.74, 6) is 0. The van der Waals surface area contributed by atoms with Crippen molar-refractivity contribution < 1.29 is 8.42 Å². The number of nitrogens with two attached hydrogens (primary N) is 1. The third-order valence-corrected chi connectivity index (χ3v) is 3.31. The van der Waals surface area contributed by atoms with Crippen molar-refractivity contribution in [3.05, 3.63) is 12.3 Å². The van der Waals surface area contributed by atoms with Gasteiger partial charge in [0.2, 0.25) is 0 Å². The predicted octanol–water partition coefficient (Wildman–Crippen LogP) is -0.575. The topological polar surface area (TPSA) is 101 Å². The smallest absolute Gasteiger partial charge is 0.257 e. The van der Waals surface area contributed by atoms with Crippen molar-refractivity contribution in [3.8, 4) is 0 Å². The van der Waals surface area contributed by atoms with Crippen molar-refractivity contribution >= 4 is 10.0 Å². The molecule has 0 bridgehead atoms. The number of hydrogen-bond donors (Lipinski definition) is 3. The van der Waals surface area contributed by atoms with Gasteiger partial charge in [-0.1, -0.05) is 6.92 Å². The van der Waals surface area contributed by atoms with Crippen molar-refractivity contribution in [2.45, 2.75) is 24.4 Å². The number of nitrogens with one attached hydrogen (secondary N) is 2. The van der Waals surface area contributed by atoms with Gasteiger partial charge in [0.05, 0.1) is 6.20 Å². The molecule has 6 nitrogen and oxygen atoms in total. The van der Waals surface area contributed by atoms with Crippen LogP contribution in [0, 0.1) is 0 Å². The molecule has 1 unspecified atom stereocenters. The van der Waals surface area contributed by atoms with E-state index in [9.17, 15) is 8.42 Å². The molecule has 0 aliphatic heterocycles. The molecule has 1 atom stereocenters. The van der Waals surface area contributed by atoms with E-state index in [0.717, 1.165) is 0 Å². The van der Waals surface area contributed by atoms with Gasteiger partial charge in [0.25, 0.3) is 10.0 Å². The number of rotatable bonds is 5. The Morgan fingerprint density at radius 1 is 1.71 bits per heavy atom. The summed E-state index contributed by atoms with van der Waals surface area (Å²) in [6, 6.07) is 1.16. The molecular weight excluding hydrogens is 204 g/mol. The molecule has 1 rings (SSSR count). The average Bonchev–Trinajstić information content (AvgIpc) is 2.67. The van der Waals surface area contributed by atoms with Crippen molar-refractivity contribution in [1.82, 2.24) is 14.9 Å². The van der Waals surface area contributed by atoms with Crippen LogP contribution in [0.5, 0.6) is 0 Å². The monoisotopic (exact) mass is 218 g/mol. The molecule has 0 amide bonds. The first-order valence-corrected chi connectivity index (χ1v) is 5.80. The van der Waals surface area contributed by atoms with Crippen LogP contribution in [-0.4, -0.2) is 31.2 Å². The number of nitrogens with zero attached hydrogens (tertiary/aromatic N) is 1. The number of H-pyrrole nitrogens is 1. The van der Waals surface area contributed by atoms with Crippen LogP contribution >= 0.6 is 0 Å². The Morgan fingerprint density at radius 2 is 2.43 bits per heavy atom. The van der Waals surface area contributed by atoms with E-state index in [1.54, 1.807) is 0 Å². The summed E-state index contributed by atoms with van der Waals surface area (Å²) in [5.41, 5.74) is 5.39. The average molecular weight is 218 g/mol. The van der Waals surface area contributed by atoms with Gasteiger partial charge < -0.3 is 5.73 Å². The summed E-state index contributed by atoms with van der Waals surface area (Å²) in [6.45, 7) is 2.15. The Hall–Kier alpha value is -0.920. The van der Waals surface area contributed by atoms with Crippen molar-refractivity contribution in [1.29, 1.82) is 0 Å². The second-order valence-electron chi connectivity index (χ2n) is 2.88. The summed E-state index contributed by atoms with van der Waals surface area (Å²) in [7, 11) is -3.49. The minimum absolute atomic E-state index is 0.0596. The van der Waals surface area contributed by atoms with Gasteiger partial charge in [-0.2, -0.15) is 5.10 Å². The zero-order valence-electron chi connectivity index (χ0n) is 7.90. The van der Waals surface area contributed by atoms with E-state index in [4.69, 9.17) is 5.73 Å². The Kier molecular flexibility index (Phi) is 3.62. The van der Waals surface area contributed by atoms with Gasteiger partial charge >= 0.3 is 0 Å². The van der Waals surface area contributed by atoms with E-state index in [0.29, 0.717) is 6.42 Å². The third kappa shape index (κ3) is 2.53. The van der Waals surface area contributed by atoms with Crippen molar-refractivity contribution in [2.75, 3.05) is 6.54 Å². The van der Waals surface area contributed by atoms with Crippen molar-refractivity contribution in [3.63, 3.8) is 0 Å². The summed E-state index contributed by atoms with van der Waals surface area (Å²) in [4.78, 5) is 0. The van der Waals surface area contributed by atoms with Crippen LogP contribution < -0.4 is 10.5 Å². The lowest BCUT2D eigenvalue weighted by atomic mass is 10.2. The van der Waals surface area contributed by atoms with Gasteiger partial charge in [-0.15, -0.1) is 0 Å². The highest BCUT2D eigenvalue weighted by Gasteiger charge is 2.18. The van der Waals surface area contributed by atoms with Crippen LogP contribution in [-0.2, 0) is 10.0 Å². The molecule has 0 aliphatic rings. The highest BCUT2D eigenvalue weighted by molar-refractivity contribution is 7.89. The Bertz CT molecular complexity index is 355. The fourth-order valence-electron chi connectivity index (χ4n) is 0.974. The van der Waals surface area contributed by atoms with Crippen LogP contribution in [0.2, 0.25) is 0 Å². The van der Waals surface area contributed by atoms with E-state index >= 15 is 0 Å². The minimum atomic E-state index is -3.49. The molecule has 1 aromatic rings. The van der Waals surface area contributed by atoms with Crippen LogP contribution in [0.3, 0.4) is 0 Å². The highest BCUT2D eigenvalue weighted by Crippen LogP contribution is 2.04. The van der Waals surface area contributed by atoms with E-state index in [1.165, 1.54) is 12.3 Å². The van der Waals surface area contributed by atoms with Gasteiger partial charge in [-0.25, -0.2) is 13.1 Å². The van der Waals surface area contributed by atoms with E-state index in [2.05, 4.69) is 14.9 Å². The van der Waals surface area contributed by atoms with Crippen LogP contribution in [0.4, 0.5) is 0 Å². The standard InChI is InChI=1S/C7H14N4O2S/c1-2-6(5-8)11-14(12,13)7-3-4-9-10-7/h3-4,6,11H,2,5,8H2,1H3,(H,9,10). The number of hydrogen-bond acceptors (Lipinski definition) is 4. The quantitative estimate of drug-likeness (QED) is 0.615. The summed E-state index contributed by atoms with van der Waals surface area (Å²) >= 11 is 0. The zero-order valence-corrected chi connectivity index (χ0v) is 8.71. The van der Waals surface area contributed by atoms with E-state index in [-0.39, 0.29) is 17.6 Å². The molecule has 4 N–H and O–H groups in total. The second-order valence-corrected chi connectivity index (χ2v) is 4.57. The number of sulfonamides is 1. The first kappa shape index (κ1) is 11.2. The molecule has 0 saturated carbocycles. The molecule has 0 aliphatic carbocycles. The Labute approximate surface area is 82.9 Å². The first-order chi connectivity index (χ1) is 6.60. The summed E-state index contributed by atoms with van der Waals surface area (Å²) < 4.78 is 25.6. The minimum Gasteiger partial charge on any atom is -0.329 e. The third-order valence-electron chi connectivity index (χ3n) is 1.86. The molecule has 7 heteroatoms. The summed E-state index contributed by atoms with van der Waals surface area (Å²) in [5, 5.41) is 6.02. The molecule has 1 heterocycles. The predicted molar refractivity (Wildman–Crippen MR) is 52.0 cm³/mol. The van der Waals surface area contributed by atoms with Gasteiger partial charge in [0.15, 0.2) is 5.03 Å². The highest BCUT2D eigenvalue weighted by atomic mass is 32.2. The molecule has 0 saturated heterocycles. The lowest BCUT2D eigenvalue weighted by Crippen LogP contribution is -2.39. The lowest BCUT2D eigenvalue weighted by molar-refractivity contribution is 0.539. The largest absolute Gasteiger partial charge is 0.329 e. The Morgan fingerprint density at radius 3 is 2.86 bits per heavy atom. The number of aromatic nitrogens is 2. The molecule has 80 valence electrons. The lowest BCUT2D eigenvalue weighted by Gasteiger charge is -2.13. The zero-order chi connectivity index (χ0) is 10.6. The van der Waals surface area contributed by atoms with Crippen LogP contribution in [0.15, 0.2) is 17.3 Å². The second kappa shape index (κ2) is 4.54. The molecule has 0 fully saturated rings. The molecule has 0 spiro atoms. The maximum absolute atomic E-state index is 11.6. The first-order valence-electron chi connectivity index (χ1n) is 4.32. The summed E-state index contributed by atoms with van der Waals surface area (Å²) in [6.07, 6.45) is 2.04. The molecule has 1 aromatic heterocycles. The SMILES string of the molecule is CCC(CN)NS(=O)(=O)c1ccn[nH]1. The molecule has 0 aromatic carbocycles. The fraction of sp³-hybridized carbons (Fsp3) is 0.571. The molecule has 14 heavy (non-hydrogen) atoms. The number of aromatic amines is 1.